The molecule has 0 spiro atoms. The minimum absolute atomic E-state index is 0.113. The molecule has 0 bridgehead atoms. The summed E-state index contributed by atoms with van der Waals surface area (Å²) in [5, 5.41) is 3.78. The molecule has 1 N–H and O–H groups in total. The normalized spacial score (nSPS) is 16.4. The Bertz CT molecular complexity index is 563. The highest BCUT2D eigenvalue weighted by Crippen LogP contribution is 2.24. The molecule has 1 aliphatic heterocycles. The van der Waals surface area contributed by atoms with Gasteiger partial charge in [-0.25, -0.2) is 0 Å². The molecule has 0 fully saturated rings. The maximum atomic E-state index is 11.4. The average molecular weight is 291 g/mol. The van der Waals surface area contributed by atoms with Gasteiger partial charge >= 0.3 is 0 Å². The van der Waals surface area contributed by atoms with Gasteiger partial charge in [0.15, 0.2) is 0 Å². The van der Waals surface area contributed by atoms with Crippen molar-refractivity contribution in [3.05, 3.63) is 46.6 Å². The predicted octanol–water partition coefficient (Wildman–Crippen LogP) is 3.37. The van der Waals surface area contributed by atoms with E-state index >= 15 is 0 Å². The van der Waals surface area contributed by atoms with Gasteiger partial charge in [0, 0.05) is 22.5 Å². The number of hydrogen-bond donors (Lipinski definition) is 1. The summed E-state index contributed by atoms with van der Waals surface area (Å²) in [6.07, 6.45) is 4.40. The summed E-state index contributed by atoms with van der Waals surface area (Å²) in [6.45, 7) is 1.61. The Morgan fingerprint density at radius 1 is 1.40 bits per heavy atom. The molecule has 0 unspecified atom stereocenters. The summed E-state index contributed by atoms with van der Waals surface area (Å²) < 4.78 is 0. The van der Waals surface area contributed by atoms with Crippen LogP contribution in [0.5, 0.6) is 0 Å². The minimum atomic E-state index is -0.113. The van der Waals surface area contributed by atoms with Gasteiger partial charge in [0.1, 0.15) is 5.78 Å². The van der Waals surface area contributed by atoms with Crippen molar-refractivity contribution in [2.75, 3.05) is 7.05 Å². The number of Topliss-reactive ketones (excluding diaryl/α,β-unsaturated/α-hetero) is 1. The van der Waals surface area contributed by atoms with Crippen LogP contribution in [0.1, 0.15) is 31.7 Å². The molecule has 20 heavy (non-hydrogen) atoms. The van der Waals surface area contributed by atoms with Crippen molar-refractivity contribution in [1.82, 2.24) is 5.32 Å². The van der Waals surface area contributed by atoms with E-state index in [9.17, 15) is 4.79 Å². The second kappa shape index (κ2) is 6.82. The number of benzene rings is 1. The standard InChI is InChI=1S/C16H19ClN2O/c1-11(20)16(18-2)9-12-7-8-15(19-10-12)13-5-3-4-6-14(13)17/h3-6,10,16,18H,7-9H2,1-2H3/t16-/m0/s1. The van der Waals surface area contributed by atoms with E-state index in [0.717, 1.165) is 35.6 Å². The second-order valence-electron chi connectivity index (χ2n) is 5.00. The van der Waals surface area contributed by atoms with Crippen LogP contribution in [0.25, 0.3) is 0 Å². The molecule has 106 valence electrons. The van der Waals surface area contributed by atoms with E-state index < -0.39 is 0 Å². The van der Waals surface area contributed by atoms with Crippen LogP contribution in [-0.2, 0) is 4.79 Å². The van der Waals surface area contributed by atoms with Crippen molar-refractivity contribution in [2.45, 2.75) is 32.2 Å². The highest BCUT2D eigenvalue weighted by molar-refractivity contribution is 6.34. The molecule has 1 aliphatic rings. The lowest BCUT2D eigenvalue weighted by Crippen LogP contribution is -2.32. The number of ketones is 1. The lowest BCUT2D eigenvalue weighted by atomic mass is 9.95. The van der Waals surface area contributed by atoms with Gasteiger partial charge in [0.25, 0.3) is 0 Å². The predicted molar refractivity (Wildman–Crippen MR) is 83.5 cm³/mol. The summed E-state index contributed by atoms with van der Waals surface area (Å²) >= 11 is 6.19. The molecule has 1 aromatic rings. The highest BCUT2D eigenvalue weighted by atomic mass is 35.5. The fraction of sp³-hybridized carbons (Fsp3) is 0.375. The van der Waals surface area contributed by atoms with Crippen LogP contribution in [0.3, 0.4) is 0 Å². The Hall–Kier alpha value is -1.45. The van der Waals surface area contributed by atoms with Crippen molar-refractivity contribution in [2.24, 2.45) is 4.99 Å². The van der Waals surface area contributed by atoms with E-state index in [-0.39, 0.29) is 11.8 Å². The molecule has 0 aliphatic carbocycles. The summed E-state index contributed by atoms with van der Waals surface area (Å²) in [5.41, 5.74) is 3.22. The summed E-state index contributed by atoms with van der Waals surface area (Å²) in [4.78, 5) is 16.0. The Morgan fingerprint density at radius 2 is 2.15 bits per heavy atom. The van der Waals surface area contributed by atoms with Crippen molar-refractivity contribution in [1.29, 1.82) is 0 Å². The van der Waals surface area contributed by atoms with Crippen molar-refractivity contribution in [3.8, 4) is 0 Å². The maximum absolute atomic E-state index is 11.4. The molecule has 3 nitrogen and oxygen atoms in total. The molecule has 0 saturated carbocycles. The van der Waals surface area contributed by atoms with Crippen LogP contribution in [0.15, 0.2) is 41.0 Å². The van der Waals surface area contributed by atoms with Gasteiger partial charge in [-0.15, -0.1) is 0 Å². The van der Waals surface area contributed by atoms with E-state index in [1.54, 1.807) is 6.92 Å². The van der Waals surface area contributed by atoms with Crippen LogP contribution in [0.2, 0.25) is 5.02 Å². The summed E-state index contributed by atoms with van der Waals surface area (Å²) in [7, 11) is 1.81. The van der Waals surface area contributed by atoms with E-state index in [0.29, 0.717) is 0 Å². The Kier molecular flexibility index (Phi) is 5.10. The number of hydrogen-bond acceptors (Lipinski definition) is 3. The number of carbonyl (C=O) groups excluding carboxylic acids is 1. The molecule has 1 heterocycles. The smallest absolute Gasteiger partial charge is 0.146 e. The third kappa shape index (κ3) is 3.56. The molecular formula is C16H19ClN2O. The number of nitrogens with zero attached hydrogens (tertiary/aromatic N) is 1. The topological polar surface area (TPSA) is 41.5 Å². The molecule has 0 radical (unpaired) electrons. The van der Waals surface area contributed by atoms with Gasteiger partial charge in [-0.05, 0) is 44.9 Å². The number of aliphatic imine (C=N–C) groups is 1. The zero-order chi connectivity index (χ0) is 14.5. The number of halogens is 1. The first-order chi connectivity index (χ1) is 9.61. The molecule has 4 heteroatoms. The first-order valence-corrected chi connectivity index (χ1v) is 7.17. The number of nitrogens with one attached hydrogen (secondary N) is 1. The molecule has 0 saturated heterocycles. The Balaban J connectivity index is 2.12. The van der Waals surface area contributed by atoms with Crippen molar-refractivity contribution < 1.29 is 4.79 Å². The highest BCUT2D eigenvalue weighted by Gasteiger charge is 2.17. The SMILES string of the molecule is CN[C@@H](CC1=CN=C(c2ccccc2Cl)CC1)C(C)=O. The fourth-order valence-electron chi connectivity index (χ4n) is 2.34. The van der Waals surface area contributed by atoms with Crippen LogP contribution in [-0.4, -0.2) is 24.6 Å². The number of carbonyl (C=O) groups is 1. The van der Waals surface area contributed by atoms with Gasteiger partial charge in [0.2, 0.25) is 0 Å². The maximum Gasteiger partial charge on any atom is 0.146 e. The monoisotopic (exact) mass is 290 g/mol. The van der Waals surface area contributed by atoms with E-state index in [1.165, 1.54) is 5.57 Å². The average Bonchev–Trinajstić information content (AvgIpc) is 2.46. The Morgan fingerprint density at radius 3 is 2.70 bits per heavy atom. The minimum Gasteiger partial charge on any atom is -0.310 e. The molecular weight excluding hydrogens is 272 g/mol. The Labute approximate surface area is 124 Å². The zero-order valence-electron chi connectivity index (χ0n) is 11.8. The van der Waals surface area contributed by atoms with Gasteiger partial charge in [-0.2, -0.15) is 0 Å². The second-order valence-corrected chi connectivity index (χ2v) is 5.41. The molecule has 1 aromatic carbocycles. The third-order valence-corrected chi connectivity index (χ3v) is 3.91. The number of likely N-dealkylation sites (N-methyl/N-ethyl adjacent to an activating group) is 1. The van der Waals surface area contributed by atoms with Crippen molar-refractivity contribution >= 4 is 23.1 Å². The lowest BCUT2D eigenvalue weighted by Gasteiger charge is -2.18. The summed E-state index contributed by atoms with van der Waals surface area (Å²) in [5.74, 6) is 0.161. The van der Waals surface area contributed by atoms with E-state index in [2.05, 4.69) is 10.3 Å². The first kappa shape index (κ1) is 14.9. The van der Waals surface area contributed by atoms with Crippen LogP contribution < -0.4 is 5.32 Å². The zero-order valence-corrected chi connectivity index (χ0v) is 12.6. The van der Waals surface area contributed by atoms with Crippen molar-refractivity contribution in [3.63, 3.8) is 0 Å². The molecule has 1 atom stereocenters. The first-order valence-electron chi connectivity index (χ1n) is 6.79. The van der Waals surface area contributed by atoms with Crippen LogP contribution in [0, 0.1) is 0 Å². The van der Waals surface area contributed by atoms with Gasteiger partial charge < -0.3 is 5.32 Å². The molecule has 0 amide bonds. The molecule has 2 rings (SSSR count). The van der Waals surface area contributed by atoms with Crippen LogP contribution >= 0.6 is 11.6 Å². The fourth-order valence-corrected chi connectivity index (χ4v) is 2.59. The third-order valence-electron chi connectivity index (χ3n) is 3.58. The van der Waals surface area contributed by atoms with Gasteiger partial charge in [-0.3, -0.25) is 9.79 Å². The van der Waals surface area contributed by atoms with E-state index in [4.69, 9.17) is 11.6 Å². The van der Waals surface area contributed by atoms with E-state index in [1.807, 2.05) is 37.5 Å². The molecule has 0 aromatic heterocycles. The number of rotatable bonds is 5. The van der Waals surface area contributed by atoms with Gasteiger partial charge in [0.05, 0.1) is 6.04 Å². The van der Waals surface area contributed by atoms with Gasteiger partial charge in [-0.1, -0.05) is 29.8 Å². The lowest BCUT2D eigenvalue weighted by molar-refractivity contribution is -0.118. The quantitative estimate of drug-likeness (QED) is 0.903. The van der Waals surface area contributed by atoms with Crippen LogP contribution in [0.4, 0.5) is 0 Å². The largest absolute Gasteiger partial charge is 0.310 e. The summed E-state index contributed by atoms with van der Waals surface area (Å²) in [6, 6.07) is 7.65.